The molecular formula is C9H15N3O. The highest BCUT2D eigenvalue weighted by atomic mass is 16.5. The molecule has 0 bridgehead atoms. The van der Waals surface area contributed by atoms with Gasteiger partial charge >= 0.3 is 0 Å². The lowest BCUT2D eigenvalue weighted by atomic mass is 10.2. The van der Waals surface area contributed by atoms with Gasteiger partial charge in [0, 0.05) is 13.2 Å². The van der Waals surface area contributed by atoms with Crippen LogP contribution in [0.2, 0.25) is 0 Å². The molecule has 4 heteroatoms. The van der Waals surface area contributed by atoms with Crippen molar-refractivity contribution in [2.45, 2.75) is 26.0 Å². The first kappa shape index (κ1) is 9.92. The van der Waals surface area contributed by atoms with E-state index in [2.05, 4.69) is 22.2 Å². The maximum absolute atomic E-state index is 5.18. The third-order valence-corrected chi connectivity index (χ3v) is 2.03. The predicted octanol–water partition coefficient (Wildman–Crippen LogP) is 1.31. The smallest absolute Gasteiger partial charge is 0.115 e. The van der Waals surface area contributed by atoms with E-state index in [1.807, 2.05) is 6.92 Å². The van der Waals surface area contributed by atoms with Gasteiger partial charge in [-0.15, -0.1) is 0 Å². The standard InChI is InChI=1S/C9H15N3O/c1-7(8(2)13-3)12-9-4-10-6-11-5-9/h4-8,12H,1-3H3. The molecule has 1 aromatic heterocycles. The van der Waals surface area contributed by atoms with Crippen LogP contribution < -0.4 is 5.32 Å². The van der Waals surface area contributed by atoms with Gasteiger partial charge in [-0.05, 0) is 13.8 Å². The van der Waals surface area contributed by atoms with Gasteiger partial charge in [-0.2, -0.15) is 0 Å². The number of hydrogen-bond donors (Lipinski definition) is 1. The van der Waals surface area contributed by atoms with E-state index in [0.29, 0.717) is 0 Å². The summed E-state index contributed by atoms with van der Waals surface area (Å²) in [5.41, 5.74) is 0.916. The molecule has 0 aliphatic carbocycles. The highest BCUT2D eigenvalue weighted by Crippen LogP contribution is 2.06. The van der Waals surface area contributed by atoms with E-state index in [1.54, 1.807) is 19.5 Å². The van der Waals surface area contributed by atoms with Crippen molar-refractivity contribution in [1.29, 1.82) is 0 Å². The molecule has 2 atom stereocenters. The molecule has 0 aromatic carbocycles. The van der Waals surface area contributed by atoms with Gasteiger partial charge in [0.25, 0.3) is 0 Å². The third kappa shape index (κ3) is 2.99. The summed E-state index contributed by atoms with van der Waals surface area (Å²) in [6.07, 6.45) is 5.16. The molecule has 1 N–H and O–H groups in total. The van der Waals surface area contributed by atoms with Crippen molar-refractivity contribution in [3.63, 3.8) is 0 Å². The number of nitrogens with zero attached hydrogens (tertiary/aromatic N) is 2. The molecule has 72 valence electrons. The van der Waals surface area contributed by atoms with Crippen molar-refractivity contribution in [3.05, 3.63) is 18.7 Å². The lowest BCUT2D eigenvalue weighted by Gasteiger charge is -2.20. The highest BCUT2D eigenvalue weighted by molar-refractivity contribution is 5.38. The molecule has 4 nitrogen and oxygen atoms in total. The zero-order valence-electron chi connectivity index (χ0n) is 8.19. The van der Waals surface area contributed by atoms with E-state index < -0.39 is 0 Å². The summed E-state index contributed by atoms with van der Waals surface area (Å²) in [6.45, 7) is 4.07. The summed E-state index contributed by atoms with van der Waals surface area (Å²) >= 11 is 0. The van der Waals surface area contributed by atoms with Crippen molar-refractivity contribution in [2.75, 3.05) is 12.4 Å². The Kier molecular flexibility index (Phi) is 3.64. The Morgan fingerprint density at radius 1 is 1.31 bits per heavy atom. The van der Waals surface area contributed by atoms with Crippen molar-refractivity contribution in [2.24, 2.45) is 0 Å². The number of rotatable bonds is 4. The minimum atomic E-state index is 0.167. The van der Waals surface area contributed by atoms with Crippen LogP contribution in [0, 0.1) is 0 Å². The fourth-order valence-electron chi connectivity index (χ4n) is 0.958. The molecular weight excluding hydrogens is 166 g/mol. The summed E-state index contributed by atoms with van der Waals surface area (Å²) in [5.74, 6) is 0. The monoisotopic (exact) mass is 181 g/mol. The summed E-state index contributed by atoms with van der Waals surface area (Å²) in [5, 5.41) is 3.24. The molecule has 0 saturated heterocycles. The van der Waals surface area contributed by atoms with E-state index in [0.717, 1.165) is 5.69 Å². The molecule has 1 rings (SSSR count). The number of anilines is 1. The summed E-state index contributed by atoms with van der Waals surface area (Å²) in [6, 6.07) is 0.246. The van der Waals surface area contributed by atoms with Crippen LogP contribution in [0.3, 0.4) is 0 Å². The second kappa shape index (κ2) is 4.77. The van der Waals surface area contributed by atoms with Crippen molar-refractivity contribution < 1.29 is 4.74 Å². The number of hydrogen-bond acceptors (Lipinski definition) is 4. The third-order valence-electron chi connectivity index (χ3n) is 2.03. The zero-order valence-corrected chi connectivity index (χ0v) is 8.19. The van der Waals surface area contributed by atoms with Crippen LogP contribution >= 0.6 is 0 Å². The molecule has 2 unspecified atom stereocenters. The first-order valence-corrected chi connectivity index (χ1v) is 4.28. The van der Waals surface area contributed by atoms with E-state index in [9.17, 15) is 0 Å². The summed E-state index contributed by atoms with van der Waals surface area (Å²) < 4.78 is 5.18. The molecule has 0 amide bonds. The maximum atomic E-state index is 5.18. The van der Waals surface area contributed by atoms with Gasteiger partial charge in [0.2, 0.25) is 0 Å². The predicted molar refractivity (Wildman–Crippen MR) is 51.6 cm³/mol. The van der Waals surface area contributed by atoms with Crippen molar-refractivity contribution in [3.8, 4) is 0 Å². The largest absolute Gasteiger partial charge is 0.380 e. The average molecular weight is 181 g/mol. The van der Waals surface area contributed by atoms with E-state index >= 15 is 0 Å². The van der Waals surface area contributed by atoms with Crippen LogP contribution in [0.1, 0.15) is 13.8 Å². The molecule has 0 fully saturated rings. The zero-order chi connectivity index (χ0) is 9.68. The van der Waals surface area contributed by atoms with E-state index in [4.69, 9.17) is 4.74 Å². The van der Waals surface area contributed by atoms with Gasteiger partial charge in [0.1, 0.15) is 6.33 Å². The van der Waals surface area contributed by atoms with Crippen LogP contribution in [-0.4, -0.2) is 29.2 Å². The molecule has 0 aliphatic heterocycles. The van der Waals surface area contributed by atoms with Crippen molar-refractivity contribution >= 4 is 5.69 Å². The summed E-state index contributed by atoms with van der Waals surface area (Å²) in [4.78, 5) is 7.82. The minimum Gasteiger partial charge on any atom is -0.380 e. The van der Waals surface area contributed by atoms with Gasteiger partial charge in [-0.1, -0.05) is 0 Å². The summed E-state index contributed by atoms with van der Waals surface area (Å²) in [7, 11) is 1.70. The molecule has 0 spiro atoms. The normalized spacial score (nSPS) is 15.0. The molecule has 0 radical (unpaired) electrons. The van der Waals surface area contributed by atoms with Gasteiger partial charge in [0.05, 0.1) is 24.2 Å². The Bertz CT molecular complexity index is 240. The molecule has 1 aromatic rings. The van der Waals surface area contributed by atoms with E-state index in [-0.39, 0.29) is 12.1 Å². The fourth-order valence-corrected chi connectivity index (χ4v) is 0.958. The Morgan fingerprint density at radius 3 is 2.46 bits per heavy atom. The van der Waals surface area contributed by atoms with Crippen molar-refractivity contribution in [1.82, 2.24) is 9.97 Å². The fraction of sp³-hybridized carbons (Fsp3) is 0.556. The van der Waals surface area contributed by atoms with Gasteiger partial charge in [0.15, 0.2) is 0 Å². The highest BCUT2D eigenvalue weighted by Gasteiger charge is 2.10. The number of nitrogens with one attached hydrogen (secondary N) is 1. The van der Waals surface area contributed by atoms with E-state index in [1.165, 1.54) is 6.33 Å². The first-order chi connectivity index (χ1) is 6.24. The topological polar surface area (TPSA) is 47.0 Å². The molecule has 0 saturated carbocycles. The second-order valence-electron chi connectivity index (χ2n) is 3.00. The van der Waals surface area contributed by atoms with Crippen LogP contribution in [0.5, 0.6) is 0 Å². The average Bonchev–Trinajstić information content (AvgIpc) is 2.18. The lowest BCUT2D eigenvalue weighted by Crippen LogP contribution is -2.29. The number of methoxy groups -OCH3 is 1. The Hall–Kier alpha value is -1.16. The lowest BCUT2D eigenvalue weighted by molar-refractivity contribution is 0.106. The van der Waals surface area contributed by atoms with Crippen LogP contribution in [0.25, 0.3) is 0 Å². The SMILES string of the molecule is COC(C)C(C)Nc1cncnc1. The first-order valence-electron chi connectivity index (χ1n) is 4.28. The molecule has 1 heterocycles. The maximum Gasteiger partial charge on any atom is 0.115 e. The molecule has 0 aliphatic rings. The second-order valence-corrected chi connectivity index (χ2v) is 3.00. The molecule has 13 heavy (non-hydrogen) atoms. The Balaban J connectivity index is 2.50. The quantitative estimate of drug-likeness (QED) is 0.760. The minimum absolute atomic E-state index is 0.167. The Labute approximate surface area is 78.4 Å². The van der Waals surface area contributed by atoms with Crippen LogP contribution in [0.15, 0.2) is 18.7 Å². The number of ether oxygens (including phenoxy) is 1. The van der Waals surface area contributed by atoms with Gasteiger partial charge in [-0.25, -0.2) is 9.97 Å². The Morgan fingerprint density at radius 2 is 1.92 bits per heavy atom. The van der Waals surface area contributed by atoms with Gasteiger partial charge in [-0.3, -0.25) is 0 Å². The van der Waals surface area contributed by atoms with Gasteiger partial charge < -0.3 is 10.1 Å². The number of aromatic nitrogens is 2. The van der Waals surface area contributed by atoms with Crippen LogP contribution in [0.4, 0.5) is 5.69 Å². The van der Waals surface area contributed by atoms with Crippen LogP contribution in [-0.2, 0) is 4.74 Å².